The molecule has 1 saturated heterocycles. The molecule has 94 valence electrons. The molecule has 1 aromatic carbocycles. The van der Waals surface area contributed by atoms with E-state index in [2.05, 4.69) is 11.4 Å². The molecule has 1 N–H and O–H groups in total. The van der Waals surface area contributed by atoms with E-state index in [4.69, 9.17) is 9.47 Å². The molecule has 1 fully saturated rings. The third-order valence-electron chi connectivity index (χ3n) is 3.45. The highest BCUT2D eigenvalue weighted by molar-refractivity contribution is 5.42. The number of rotatable bonds is 3. The van der Waals surface area contributed by atoms with Gasteiger partial charge in [-0.3, -0.25) is 0 Å². The second-order valence-electron chi connectivity index (χ2n) is 4.49. The van der Waals surface area contributed by atoms with Crippen molar-refractivity contribution in [2.75, 3.05) is 27.3 Å². The summed E-state index contributed by atoms with van der Waals surface area (Å²) in [6.45, 7) is 2.22. The summed E-state index contributed by atoms with van der Waals surface area (Å²) in [4.78, 5) is 0. The molecule has 0 aromatic heterocycles. The first-order valence-corrected chi connectivity index (χ1v) is 6.28. The summed E-state index contributed by atoms with van der Waals surface area (Å²) in [5, 5.41) is 3.44. The van der Waals surface area contributed by atoms with Crippen molar-refractivity contribution >= 4 is 0 Å². The summed E-state index contributed by atoms with van der Waals surface area (Å²) in [6, 6.07) is 6.08. The summed E-state index contributed by atoms with van der Waals surface area (Å²) in [5.41, 5.74) is 1.29. The van der Waals surface area contributed by atoms with Crippen molar-refractivity contribution in [2.24, 2.45) is 0 Å². The van der Waals surface area contributed by atoms with Crippen molar-refractivity contribution in [1.29, 1.82) is 0 Å². The smallest absolute Gasteiger partial charge is 0.122 e. The normalized spacial score (nSPS) is 20.7. The lowest BCUT2D eigenvalue weighted by Crippen LogP contribution is -2.13. The van der Waals surface area contributed by atoms with Crippen LogP contribution in [0, 0.1) is 0 Å². The number of ether oxygens (including phenoxy) is 2. The summed E-state index contributed by atoms with van der Waals surface area (Å²) in [7, 11) is 3.44. The van der Waals surface area contributed by atoms with Crippen molar-refractivity contribution in [3.05, 3.63) is 23.8 Å². The standard InChI is InChI=1S/C14H21NO2/c1-16-12-5-6-14(17-2)13(10-12)11-4-3-8-15-9-7-11/h5-6,10-11,15H,3-4,7-9H2,1-2H3. The van der Waals surface area contributed by atoms with Crippen LogP contribution in [0.2, 0.25) is 0 Å². The van der Waals surface area contributed by atoms with E-state index in [-0.39, 0.29) is 0 Å². The van der Waals surface area contributed by atoms with E-state index in [1.807, 2.05) is 12.1 Å². The summed E-state index contributed by atoms with van der Waals surface area (Å²) in [5.74, 6) is 2.48. The van der Waals surface area contributed by atoms with Crippen molar-refractivity contribution in [3.63, 3.8) is 0 Å². The third-order valence-corrected chi connectivity index (χ3v) is 3.45. The van der Waals surface area contributed by atoms with Crippen LogP contribution < -0.4 is 14.8 Å². The van der Waals surface area contributed by atoms with Gasteiger partial charge in [-0.2, -0.15) is 0 Å². The molecule has 2 rings (SSSR count). The Hall–Kier alpha value is -1.22. The lowest BCUT2D eigenvalue weighted by molar-refractivity contribution is 0.392. The van der Waals surface area contributed by atoms with Gasteiger partial charge in [0.05, 0.1) is 14.2 Å². The third kappa shape index (κ3) is 2.91. The molecule has 0 radical (unpaired) electrons. The van der Waals surface area contributed by atoms with Crippen LogP contribution in [0.4, 0.5) is 0 Å². The molecule has 0 amide bonds. The maximum atomic E-state index is 5.46. The molecule has 1 heterocycles. The Morgan fingerprint density at radius 1 is 1.12 bits per heavy atom. The van der Waals surface area contributed by atoms with Crippen molar-refractivity contribution in [2.45, 2.75) is 25.2 Å². The number of methoxy groups -OCH3 is 2. The van der Waals surface area contributed by atoms with Gasteiger partial charge in [0.15, 0.2) is 0 Å². The molecule has 17 heavy (non-hydrogen) atoms. The fraction of sp³-hybridized carbons (Fsp3) is 0.571. The first-order valence-electron chi connectivity index (χ1n) is 6.28. The maximum Gasteiger partial charge on any atom is 0.122 e. The number of hydrogen-bond acceptors (Lipinski definition) is 3. The van der Waals surface area contributed by atoms with Crippen LogP contribution in [0.25, 0.3) is 0 Å². The zero-order valence-corrected chi connectivity index (χ0v) is 10.7. The molecular formula is C14H21NO2. The van der Waals surface area contributed by atoms with E-state index in [1.165, 1.54) is 24.8 Å². The molecule has 0 bridgehead atoms. The zero-order valence-electron chi connectivity index (χ0n) is 10.7. The Labute approximate surface area is 103 Å². The molecule has 1 atom stereocenters. The predicted molar refractivity (Wildman–Crippen MR) is 69.0 cm³/mol. The molecule has 1 aromatic rings. The topological polar surface area (TPSA) is 30.5 Å². The van der Waals surface area contributed by atoms with Gasteiger partial charge in [-0.1, -0.05) is 0 Å². The van der Waals surface area contributed by atoms with Gasteiger partial charge >= 0.3 is 0 Å². The molecular weight excluding hydrogens is 214 g/mol. The first-order chi connectivity index (χ1) is 8.35. The highest BCUT2D eigenvalue weighted by atomic mass is 16.5. The lowest BCUT2D eigenvalue weighted by atomic mass is 9.91. The average Bonchev–Trinajstić information content (AvgIpc) is 2.66. The van der Waals surface area contributed by atoms with E-state index < -0.39 is 0 Å². The minimum atomic E-state index is 0.579. The van der Waals surface area contributed by atoms with E-state index >= 15 is 0 Å². The number of benzene rings is 1. The SMILES string of the molecule is COc1ccc(OC)c(C2CCCNCC2)c1. The Morgan fingerprint density at radius 3 is 2.76 bits per heavy atom. The van der Waals surface area contributed by atoms with Crippen molar-refractivity contribution in [3.8, 4) is 11.5 Å². The molecule has 0 spiro atoms. The Morgan fingerprint density at radius 2 is 2.00 bits per heavy atom. The first kappa shape index (κ1) is 12.2. The fourth-order valence-corrected chi connectivity index (χ4v) is 2.49. The molecule has 1 aliphatic rings. The Kier molecular flexibility index (Phi) is 4.26. The highest BCUT2D eigenvalue weighted by Gasteiger charge is 2.18. The highest BCUT2D eigenvalue weighted by Crippen LogP contribution is 2.35. The predicted octanol–water partition coefficient (Wildman–Crippen LogP) is 2.56. The van der Waals surface area contributed by atoms with Gasteiger partial charge in [0.1, 0.15) is 11.5 Å². The molecule has 3 heteroatoms. The van der Waals surface area contributed by atoms with Gasteiger partial charge < -0.3 is 14.8 Å². The molecule has 0 aliphatic carbocycles. The zero-order chi connectivity index (χ0) is 12.1. The van der Waals surface area contributed by atoms with E-state index in [0.717, 1.165) is 24.6 Å². The van der Waals surface area contributed by atoms with Crippen LogP contribution in [-0.2, 0) is 0 Å². The second kappa shape index (κ2) is 5.92. The van der Waals surface area contributed by atoms with Crippen LogP contribution >= 0.6 is 0 Å². The van der Waals surface area contributed by atoms with E-state index in [1.54, 1.807) is 14.2 Å². The van der Waals surface area contributed by atoms with E-state index in [0.29, 0.717) is 5.92 Å². The molecule has 1 unspecified atom stereocenters. The number of hydrogen-bond donors (Lipinski definition) is 1. The van der Waals surface area contributed by atoms with E-state index in [9.17, 15) is 0 Å². The fourth-order valence-electron chi connectivity index (χ4n) is 2.49. The van der Waals surface area contributed by atoms with Gasteiger partial charge in [0, 0.05) is 5.56 Å². The summed E-state index contributed by atoms with van der Waals surface area (Å²) < 4.78 is 10.8. The Bertz CT molecular complexity index is 357. The minimum Gasteiger partial charge on any atom is -0.497 e. The van der Waals surface area contributed by atoms with Gasteiger partial charge in [0.25, 0.3) is 0 Å². The van der Waals surface area contributed by atoms with Crippen LogP contribution in [0.1, 0.15) is 30.7 Å². The van der Waals surface area contributed by atoms with Crippen LogP contribution in [0.15, 0.2) is 18.2 Å². The quantitative estimate of drug-likeness (QED) is 0.873. The lowest BCUT2D eigenvalue weighted by Gasteiger charge is -2.18. The van der Waals surface area contributed by atoms with Gasteiger partial charge in [-0.05, 0) is 56.5 Å². The van der Waals surface area contributed by atoms with Gasteiger partial charge in [-0.15, -0.1) is 0 Å². The van der Waals surface area contributed by atoms with Crippen molar-refractivity contribution in [1.82, 2.24) is 5.32 Å². The second-order valence-corrected chi connectivity index (χ2v) is 4.49. The van der Waals surface area contributed by atoms with Gasteiger partial charge in [-0.25, -0.2) is 0 Å². The van der Waals surface area contributed by atoms with Crippen LogP contribution in [0.3, 0.4) is 0 Å². The maximum absolute atomic E-state index is 5.46. The van der Waals surface area contributed by atoms with Gasteiger partial charge in [0.2, 0.25) is 0 Å². The monoisotopic (exact) mass is 235 g/mol. The summed E-state index contributed by atoms with van der Waals surface area (Å²) >= 11 is 0. The van der Waals surface area contributed by atoms with Crippen LogP contribution in [0.5, 0.6) is 11.5 Å². The largest absolute Gasteiger partial charge is 0.497 e. The minimum absolute atomic E-state index is 0.579. The molecule has 1 aliphatic heterocycles. The molecule has 0 saturated carbocycles. The number of nitrogens with one attached hydrogen (secondary N) is 1. The Balaban J connectivity index is 2.26. The average molecular weight is 235 g/mol. The van der Waals surface area contributed by atoms with Crippen LogP contribution in [-0.4, -0.2) is 27.3 Å². The van der Waals surface area contributed by atoms with Crippen molar-refractivity contribution < 1.29 is 9.47 Å². The molecule has 3 nitrogen and oxygen atoms in total. The summed E-state index contributed by atoms with van der Waals surface area (Å²) in [6.07, 6.45) is 3.62.